The molecule has 1 amide bonds. The number of rotatable bonds is 6. The second kappa shape index (κ2) is 7.26. The summed E-state index contributed by atoms with van der Waals surface area (Å²) in [5, 5.41) is 2.88. The van der Waals surface area contributed by atoms with E-state index in [0.29, 0.717) is 31.0 Å². The van der Waals surface area contributed by atoms with E-state index in [1.807, 2.05) is 31.2 Å². The zero-order valence-electron chi connectivity index (χ0n) is 11.8. The van der Waals surface area contributed by atoms with E-state index in [9.17, 15) is 4.79 Å². The molecule has 0 saturated carbocycles. The van der Waals surface area contributed by atoms with Crippen molar-refractivity contribution in [1.82, 2.24) is 0 Å². The third kappa shape index (κ3) is 3.71. The molecule has 3 N–H and O–H groups in total. The first-order valence-electron chi connectivity index (χ1n) is 7.12. The van der Waals surface area contributed by atoms with Crippen molar-refractivity contribution in [3.8, 4) is 5.75 Å². The second-order valence-electron chi connectivity index (χ2n) is 4.89. The fraction of sp³-hybridized carbons (Fsp3) is 0.533. The highest BCUT2D eigenvalue weighted by molar-refractivity contribution is 5.95. The largest absolute Gasteiger partial charge is 0.491 e. The Hall–Kier alpha value is -1.59. The van der Waals surface area contributed by atoms with Crippen molar-refractivity contribution in [3.05, 3.63) is 24.3 Å². The number of para-hydroxylation sites is 2. The van der Waals surface area contributed by atoms with Crippen LogP contribution in [0.1, 0.15) is 26.2 Å². The van der Waals surface area contributed by atoms with Gasteiger partial charge in [-0.1, -0.05) is 19.1 Å². The average molecular weight is 278 g/mol. The van der Waals surface area contributed by atoms with Gasteiger partial charge in [-0.25, -0.2) is 0 Å². The summed E-state index contributed by atoms with van der Waals surface area (Å²) in [6.07, 6.45) is 2.06. The van der Waals surface area contributed by atoms with Crippen molar-refractivity contribution in [2.75, 3.05) is 18.5 Å². The van der Waals surface area contributed by atoms with Crippen LogP contribution in [0, 0.1) is 0 Å². The van der Waals surface area contributed by atoms with E-state index in [2.05, 4.69) is 5.32 Å². The fourth-order valence-corrected chi connectivity index (χ4v) is 2.19. The van der Waals surface area contributed by atoms with Crippen LogP contribution in [0.3, 0.4) is 0 Å². The Labute approximate surface area is 119 Å². The van der Waals surface area contributed by atoms with Gasteiger partial charge in [0, 0.05) is 6.54 Å². The number of anilines is 1. The molecule has 110 valence electrons. The Balaban J connectivity index is 1.97. The molecule has 2 atom stereocenters. The summed E-state index contributed by atoms with van der Waals surface area (Å²) >= 11 is 0. The summed E-state index contributed by atoms with van der Waals surface area (Å²) in [5.74, 6) is 0.560. The smallest absolute Gasteiger partial charge is 0.253 e. The highest BCUT2D eigenvalue weighted by atomic mass is 16.5. The molecule has 1 aliphatic heterocycles. The number of hydrogen-bond acceptors (Lipinski definition) is 4. The molecular weight excluding hydrogens is 256 g/mol. The predicted octanol–water partition coefficient (Wildman–Crippen LogP) is 1.92. The van der Waals surface area contributed by atoms with E-state index in [-0.39, 0.29) is 12.0 Å². The van der Waals surface area contributed by atoms with Crippen LogP contribution in [0.4, 0.5) is 5.69 Å². The van der Waals surface area contributed by atoms with Crippen molar-refractivity contribution < 1.29 is 14.3 Å². The van der Waals surface area contributed by atoms with Crippen molar-refractivity contribution in [2.24, 2.45) is 5.73 Å². The molecule has 1 fully saturated rings. The van der Waals surface area contributed by atoms with Crippen LogP contribution in [0.15, 0.2) is 24.3 Å². The monoisotopic (exact) mass is 278 g/mol. The zero-order valence-corrected chi connectivity index (χ0v) is 11.8. The quantitative estimate of drug-likeness (QED) is 0.833. The van der Waals surface area contributed by atoms with E-state index < -0.39 is 6.10 Å². The molecule has 1 saturated heterocycles. The lowest BCUT2D eigenvalue weighted by Gasteiger charge is -2.15. The van der Waals surface area contributed by atoms with Gasteiger partial charge in [-0.05, 0) is 31.4 Å². The molecule has 2 unspecified atom stereocenters. The number of hydrogen-bond donors (Lipinski definition) is 2. The summed E-state index contributed by atoms with van der Waals surface area (Å²) in [4.78, 5) is 12.2. The third-order valence-electron chi connectivity index (χ3n) is 3.27. The average Bonchev–Trinajstić information content (AvgIpc) is 2.95. The molecular formula is C15H22N2O3. The minimum Gasteiger partial charge on any atom is -0.491 e. The number of benzene rings is 1. The Bertz CT molecular complexity index is 450. The lowest BCUT2D eigenvalue weighted by atomic mass is 10.2. The van der Waals surface area contributed by atoms with Gasteiger partial charge in [0.1, 0.15) is 11.9 Å². The highest BCUT2D eigenvalue weighted by Gasteiger charge is 2.30. The van der Waals surface area contributed by atoms with Crippen LogP contribution in [-0.4, -0.2) is 31.3 Å². The summed E-state index contributed by atoms with van der Waals surface area (Å²) in [7, 11) is 0. The van der Waals surface area contributed by atoms with Crippen molar-refractivity contribution in [2.45, 2.75) is 38.4 Å². The molecule has 0 bridgehead atoms. The Morgan fingerprint density at radius 2 is 2.25 bits per heavy atom. The van der Waals surface area contributed by atoms with Crippen LogP contribution >= 0.6 is 0 Å². The van der Waals surface area contributed by atoms with Crippen LogP contribution in [0.5, 0.6) is 5.75 Å². The van der Waals surface area contributed by atoms with Gasteiger partial charge in [0.05, 0.1) is 18.4 Å². The van der Waals surface area contributed by atoms with Gasteiger partial charge in [-0.3, -0.25) is 4.79 Å². The Kier molecular flexibility index (Phi) is 5.38. The van der Waals surface area contributed by atoms with Gasteiger partial charge >= 0.3 is 0 Å². The summed E-state index contributed by atoms with van der Waals surface area (Å²) in [5.41, 5.74) is 6.24. The van der Waals surface area contributed by atoms with Crippen molar-refractivity contribution >= 4 is 11.6 Å². The van der Waals surface area contributed by atoms with E-state index in [1.54, 1.807) is 0 Å². The summed E-state index contributed by atoms with van der Waals surface area (Å²) < 4.78 is 11.2. The number of carbonyl (C=O) groups is 1. The van der Waals surface area contributed by atoms with Gasteiger partial charge in [0.2, 0.25) is 0 Å². The molecule has 0 spiro atoms. The van der Waals surface area contributed by atoms with Gasteiger partial charge in [-0.2, -0.15) is 0 Å². The lowest BCUT2D eigenvalue weighted by Crippen LogP contribution is -2.29. The molecule has 1 aromatic rings. The second-order valence-corrected chi connectivity index (χ2v) is 4.89. The van der Waals surface area contributed by atoms with Gasteiger partial charge in [-0.15, -0.1) is 0 Å². The zero-order chi connectivity index (χ0) is 14.4. The SMILES string of the molecule is CCCOc1ccccc1NC(=O)C1CCC(CN)O1. The lowest BCUT2D eigenvalue weighted by molar-refractivity contribution is -0.126. The van der Waals surface area contributed by atoms with E-state index in [4.69, 9.17) is 15.2 Å². The number of amides is 1. The van der Waals surface area contributed by atoms with E-state index in [1.165, 1.54) is 0 Å². The van der Waals surface area contributed by atoms with Crippen LogP contribution in [-0.2, 0) is 9.53 Å². The number of nitrogens with one attached hydrogen (secondary N) is 1. The van der Waals surface area contributed by atoms with Crippen LogP contribution in [0.25, 0.3) is 0 Å². The Morgan fingerprint density at radius 1 is 1.45 bits per heavy atom. The van der Waals surface area contributed by atoms with E-state index >= 15 is 0 Å². The van der Waals surface area contributed by atoms with Crippen LogP contribution in [0.2, 0.25) is 0 Å². The normalized spacial score (nSPS) is 21.7. The maximum atomic E-state index is 12.2. The number of ether oxygens (including phenoxy) is 2. The first kappa shape index (κ1) is 14.8. The molecule has 5 heteroatoms. The van der Waals surface area contributed by atoms with Gasteiger partial charge < -0.3 is 20.5 Å². The Morgan fingerprint density at radius 3 is 2.95 bits per heavy atom. The summed E-state index contributed by atoms with van der Waals surface area (Å²) in [6.45, 7) is 3.13. The molecule has 1 aliphatic rings. The number of carbonyl (C=O) groups excluding carboxylic acids is 1. The van der Waals surface area contributed by atoms with Crippen LogP contribution < -0.4 is 15.8 Å². The summed E-state index contributed by atoms with van der Waals surface area (Å²) in [6, 6.07) is 7.44. The molecule has 0 radical (unpaired) electrons. The minimum absolute atomic E-state index is 0.00247. The molecule has 2 rings (SSSR count). The maximum Gasteiger partial charge on any atom is 0.253 e. The first-order chi connectivity index (χ1) is 9.74. The molecule has 5 nitrogen and oxygen atoms in total. The topological polar surface area (TPSA) is 73.6 Å². The van der Waals surface area contributed by atoms with Gasteiger partial charge in [0.15, 0.2) is 0 Å². The molecule has 1 aromatic carbocycles. The highest BCUT2D eigenvalue weighted by Crippen LogP contribution is 2.26. The molecule has 20 heavy (non-hydrogen) atoms. The molecule has 0 aromatic heterocycles. The van der Waals surface area contributed by atoms with E-state index in [0.717, 1.165) is 12.8 Å². The third-order valence-corrected chi connectivity index (χ3v) is 3.27. The molecule has 1 heterocycles. The fourth-order valence-electron chi connectivity index (χ4n) is 2.19. The van der Waals surface area contributed by atoms with Gasteiger partial charge in [0.25, 0.3) is 5.91 Å². The van der Waals surface area contributed by atoms with Crippen molar-refractivity contribution in [3.63, 3.8) is 0 Å². The predicted molar refractivity (Wildman–Crippen MR) is 77.8 cm³/mol. The standard InChI is InChI=1S/C15H22N2O3/c1-2-9-19-13-6-4-3-5-12(13)17-15(18)14-8-7-11(10-16)20-14/h3-6,11,14H,2,7-10,16H2,1H3,(H,17,18). The minimum atomic E-state index is -0.414. The van der Waals surface area contributed by atoms with Crippen molar-refractivity contribution in [1.29, 1.82) is 0 Å². The maximum absolute atomic E-state index is 12.2. The first-order valence-corrected chi connectivity index (χ1v) is 7.12. The molecule has 0 aliphatic carbocycles. The number of nitrogens with two attached hydrogens (primary N) is 1.